The second-order valence-corrected chi connectivity index (χ2v) is 6.74. The summed E-state index contributed by atoms with van der Waals surface area (Å²) in [5, 5.41) is 15.7. The number of fused-ring (bicyclic) bond motifs is 1. The van der Waals surface area contributed by atoms with Crippen molar-refractivity contribution in [1.82, 2.24) is 30.6 Å². The fourth-order valence-electron chi connectivity index (χ4n) is 3.40. The fourth-order valence-corrected chi connectivity index (χ4v) is 3.40. The number of pyridine rings is 1. The van der Waals surface area contributed by atoms with Crippen molar-refractivity contribution in [3.63, 3.8) is 0 Å². The topological polar surface area (TPSA) is 84.7 Å². The zero-order chi connectivity index (χ0) is 17.9. The van der Waals surface area contributed by atoms with Gasteiger partial charge in [0, 0.05) is 18.1 Å². The van der Waals surface area contributed by atoms with E-state index in [1.165, 1.54) is 0 Å². The Morgan fingerprint density at radius 2 is 2.31 bits per heavy atom. The Morgan fingerprint density at radius 1 is 1.38 bits per heavy atom. The van der Waals surface area contributed by atoms with Crippen molar-refractivity contribution < 1.29 is 4.79 Å². The van der Waals surface area contributed by atoms with E-state index in [2.05, 4.69) is 25.9 Å². The van der Waals surface area contributed by atoms with Crippen molar-refractivity contribution in [2.45, 2.75) is 19.8 Å². The van der Waals surface area contributed by atoms with E-state index < -0.39 is 0 Å². The van der Waals surface area contributed by atoms with Crippen LogP contribution in [0.1, 0.15) is 29.0 Å². The molecule has 3 heterocycles. The van der Waals surface area contributed by atoms with E-state index in [-0.39, 0.29) is 5.91 Å². The van der Waals surface area contributed by atoms with Crippen molar-refractivity contribution in [3.05, 3.63) is 47.9 Å². The van der Waals surface area contributed by atoms with Gasteiger partial charge < -0.3 is 10.6 Å². The number of rotatable bonds is 4. The van der Waals surface area contributed by atoms with Gasteiger partial charge in [-0.1, -0.05) is 11.3 Å². The van der Waals surface area contributed by atoms with Gasteiger partial charge in [0.25, 0.3) is 5.91 Å². The highest BCUT2D eigenvalue weighted by molar-refractivity contribution is 5.93. The first kappa shape index (κ1) is 16.7. The lowest BCUT2D eigenvalue weighted by molar-refractivity contribution is 0.0939. The summed E-state index contributed by atoms with van der Waals surface area (Å²) in [6.45, 7) is 4.56. The second-order valence-electron chi connectivity index (χ2n) is 6.74. The van der Waals surface area contributed by atoms with Gasteiger partial charge in [-0.3, -0.25) is 9.78 Å². The summed E-state index contributed by atoms with van der Waals surface area (Å²) >= 11 is 0. The minimum Gasteiger partial charge on any atom is -0.350 e. The summed E-state index contributed by atoms with van der Waals surface area (Å²) in [5.41, 5.74) is 2.90. The van der Waals surface area contributed by atoms with E-state index >= 15 is 0 Å². The smallest absolute Gasteiger partial charge is 0.273 e. The standard InChI is InChI=1S/C19H22N6O/c1-13-18(19(26)22-12-14-4-2-8-20-11-14)23-24-25(13)16-6-7-17-15(10-16)5-3-9-21-17/h3,5-7,9-10,14,20H,2,4,8,11-12H2,1H3,(H,22,26). The highest BCUT2D eigenvalue weighted by Gasteiger charge is 2.19. The summed E-state index contributed by atoms with van der Waals surface area (Å²) in [4.78, 5) is 16.8. The molecule has 7 heteroatoms. The van der Waals surface area contributed by atoms with E-state index in [9.17, 15) is 4.79 Å². The molecule has 134 valence electrons. The van der Waals surface area contributed by atoms with E-state index in [1.54, 1.807) is 10.9 Å². The molecule has 2 N–H and O–H groups in total. The molecule has 2 aromatic heterocycles. The maximum Gasteiger partial charge on any atom is 0.273 e. The molecule has 1 fully saturated rings. The van der Waals surface area contributed by atoms with E-state index in [0.717, 1.165) is 48.2 Å². The van der Waals surface area contributed by atoms with Crippen molar-refractivity contribution in [1.29, 1.82) is 0 Å². The summed E-state index contributed by atoms with van der Waals surface area (Å²) in [6, 6.07) is 9.79. The van der Waals surface area contributed by atoms with E-state index in [4.69, 9.17) is 0 Å². The Hall–Kier alpha value is -2.80. The molecule has 1 unspecified atom stereocenters. The van der Waals surface area contributed by atoms with Crippen LogP contribution in [-0.4, -0.2) is 45.5 Å². The first-order valence-electron chi connectivity index (χ1n) is 8.99. The zero-order valence-corrected chi connectivity index (χ0v) is 14.8. The third kappa shape index (κ3) is 3.30. The molecule has 3 aromatic rings. The Labute approximate surface area is 151 Å². The average Bonchev–Trinajstić information content (AvgIpc) is 3.08. The van der Waals surface area contributed by atoms with Crippen LogP contribution in [0.25, 0.3) is 16.6 Å². The number of carbonyl (C=O) groups is 1. The van der Waals surface area contributed by atoms with Gasteiger partial charge in [0.05, 0.1) is 16.9 Å². The number of hydrogen-bond acceptors (Lipinski definition) is 5. The van der Waals surface area contributed by atoms with Crippen LogP contribution in [0.2, 0.25) is 0 Å². The molecule has 0 spiro atoms. The molecule has 1 aliphatic heterocycles. The van der Waals surface area contributed by atoms with Crippen molar-refractivity contribution in [2.75, 3.05) is 19.6 Å². The quantitative estimate of drug-likeness (QED) is 0.750. The first-order chi connectivity index (χ1) is 12.7. The summed E-state index contributed by atoms with van der Waals surface area (Å²) in [7, 11) is 0. The minimum atomic E-state index is -0.165. The van der Waals surface area contributed by atoms with Crippen LogP contribution in [0, 0.1) is 12.8 Å². The van der Waals surface area contributed by atoms with Crippen LogP contribution in [0.15, 0.2) is 36.5 Å². The minimum absolute atomic E-state index is 0.165. The SMILES string of the molecule is Cc1c(C(=O)NCC2CCCNC2)nnn1-c1ccc2ncccc2c1. The largest absolute Gasteiger partial charge is 0.350 e. The molecule has 7 nitrogen and oxygen atoms in total. The van der Waals surface area contributed by atoms with Gasteiger partial charge in [-0.05, 0) is 63.0 Å². The van der Waals surface area contributed by atoms with Gasteiger partial charge in [0.1, 0.15) is 0 Å². The lowest BCUT2D eigenvalue weighted by Crippen LogP contribution is -2.38. The molecule has 26 heavy (non-hydrogen) atoms. The molecule has 0 aliphatic carbocycles. The normalized spacial score (nSPS) is 17.3. The molecule has 1 atom stereocenters. The number of hydrogen-bond donors (Lipinski definition) is 2. The summed E-state index contributed by atoms with van der Waals surface area (Å²) in [6.07, 6.45) is 4.07. The number of carbonyl (C=O) groups excluding carboxylic acids is 1. The van der Waals surface area contributed by atoms with Gasteiger partial charge in [-0.2, -0.15) is 0 Å². The van der Waals surface area contributed by atoms with Crippen molar-refractivity contribution in [3.8, 4) is 5.69 Å². The van der Waals surface area contributed by atoms with Gasteiger partial charge in [0.15, 0.2) is 5.69 Å². The molecule has 1 aliphatic rings. The van der Waals surface area contributed by atoms with Crippen molar-refractivity contribution >= 4 is 16.8 Å². The predicted octanol–water partition coefficient (Wildman–Crippen LogP) is 1.85. The molecule has 1 saturated heterocycles. The maximum absolute atomic E-state index is 12.5. The number of aromatic nitrogens is 4. The molecule has 4 rings (SSSR count). The number of amides is 1. The molecule has 1 aromatic carbocycles. The number of benzene rings is 1. The van der Waals surface area contributed by atoms with Crippen LogP contribution in [-0.2, 0) is 0 Å². The van der Waals surface area contributed by atoms with Gasteiger partial charge in [-0.25, -0.2) is 4.68 Å². The summed E-state index contributed by atoms with van der Waals surface area (Å²) < 4.78 is 1.70. The highest BCUT2D eigenvalue weighted by atomic mass is 16.2. The molecule has 0 saturated carbocycles. The van der Waals surface area contributed by atoms with Crippen LogP contribution in [0.5, 0.6) is 0 Å². The highest BCUT2D eigenvalue weighted by Crippen LogP contribution is 2.18. The fraction of sp³-hybridized carbons (Fsp3) is 0.368. The third-order valence-electron chi connectivity index (χ3n) is 4.89. The van der Waals surface area contributed by atoms with Crippen LogP contribution in [0.3, 0.4) is 0 Å². The maximum atomic E-state index is 12.5. The Morgan fingerprint density at radius 3 is 3.15 bits per heavy atom. The molecular formula is C19H22N6O. The summed E-state index contributed by atoms with van der Waals surface area (Å²) in [5.74, 6) is 0.317. The molecule has 0 bridgehead atoms. The Kier molecular flexibility index (Phi) is 4.62. The Balaban J connectivity index is 1.52. The van der Waals surface area contributed by atoms with E-state index in [0.29, 0.717) is 18.2 Å². The van der Waals surface area contributed by atoms with E-state index in [1.807, 2.05) is 37.3 Å². The number of piperidine rings is 1. The molecule has 0 radical (unpaired) electrons. The third-order valence-corrected chi connectivity index (χ3v) is 4.89. The molecular weight excluding hydrogens is 328 g/mol. The monoisotopic (exact) mass is 350 g/mol. The Bertz CT molecular complexity index is 929. The first-order valence-corrected chi connectivity index (χ1v) is 8.99. The number of nitrogens with one attached hydrogen (secondary N) is 2. The van der Waals surface area contributed by atoms with Gasteiger partial charge >= 0.3 is 0 Å². The zero-order valence-electron chi connectivity index (χ0n) is 14.8. The lowest BCUT2D eigenvalue weighted by atomic mass is 10.00. The van der Waals surface area contributed by atoms with Crippen molar-refractivity contribution in [2.24, 2.45) is 5.92 Å². The van der Waals surface area contributed by atoms with Crippen LogP contribution >= 0.6 is 0 Å². The van der Waals surface area contributed by atoms with Crippen LogP contribution < -0.4 is 10.6 Å². The predicted molar refractivity (Wildman–Crippen MR) is 99.3 cm³/mol. The number of nitrogens with zero attached hydrogens (tertiary/aromatic N) is 4. The van der Waals surface area contributed by atoms with Gasteiger partial charge in [-0.15, -0.1) is 5.10 Å². The van der Waals surface area contributed by atoms with Gasteiger partial charge in [0.2, 0.25) is 0 Å². The molecule has 1 amide bonds. The second kappa shape index (κ2) is 7.21. The van der Waals surface area contributed by atoms with Crippen LogP contribution in [0.4, 0.5) is 0 Å². The lowest BCUT2D eigenvalue weighted by Gasteiger charge is -2.22. The average molecular weight is 350 g/mol.